The van der Waals surface area contributed by atoms with Gasteiger partial charge in [-0.05, 0) is 92.2 Å². The van der Waals surface area contributed by atoms with Crippen molar-refractivity contribution >= 4 is 5.91 Å². The van der Waals surface area contributed by atoms with E-state index in [-0.39, 0.29) is 23.2 Å². The van der Waals surface area contributed by atoms with Crippen molar-refractivity contribution in [3.63, 3.8) is 0 Å². The van der Waals surface area contributed by atoms with Gasteiger partial charge in [0.15, 0.2) is 0 Å². The van der Waals surface area contributed by atoms with Crippen LogP contribution in [0, 0.1) is 11.2 Å². The van der Waals surface area contributed by atoms with Gasteiger partial charge in [0.25, 0.3) is 0 Å². The Hall–Kier alpha value is -1.42. The van der Waals surface area contributed by atoms with E-state index in [9.17, 15) is 9.18 Å². The number of likely N-dealkylation sites (tertiary alicyclic amines) is 2. The van der Waals surface area contributed by atoms with Crippen molar-refractivity contribution in [2.75, 3.05) is 26.2 Å². The Balaban J connectivity index is 1.54. The van der Waals surface area contributed by atoms with E-state index in [1.807, 2.05) is 6.07 Å². The number of hydrogen-bond acceptors (Lipinski definition) is 2. The fourth-order valence-electron chi connectivity index (χ4n) is 5.52. The Labute approximate surface area is 169 Å². The largest absolute Gasteiger partial charge is 0.336 e. The highest BCUT2D eigenvalue weighted by atomic mass is 19.1. The molecule has 4 rings (SSSR count). The van der Waals surface area contributed by atoms with Crippen molar-refractivity contribution in [3.05, 3.63) is 35.1 Å². The Morgan fingerprint density at radius 3 is 2.54 bits per heavy atom. The van der Waals surface area contributed by atoms with Gasteiger partial charge in [0.2, 0.25) is 5.91 Å². The summed E-state index contributed by atoms with van der Waals surface area (Å²) < 4.78 is 14.3. The van der Waals surface area contributed by atoms with E-state index in [2.05, 4.69) is 30.6 Å². The van der Waals surface area contributed by atoms with Gasteiger partial charge in [-0.1, -0.05) is 26.8 Å². The maximum atomic E-state index is 14.3. The minimum atomic E-state index is -0.137. The summed E-state index contributed by atoms with van der Waals surface area (Å²) in [6.45, 7) is 11.1. The normalized spacial score (nSPS) is 25.4. The predicted octanol–water partition coefficient (Wildman–Crippen LogP) is 5.05. The third kappa shape index (κ3) is 3.85. The smallest absolute Gasteiger partial charge is 0.223 e. The summed E-state index contributed by atoms with van der Waals surface area (Å²) in [4.78, 5) is 17.0. The standard InChI is InChI=1S/C24H35FN2O/c1-23(2,3)10-14-26-15-11-24(12-16-26)9-8-21(27-13-4-5-22(27)28)19-7-6-18(25)17-20(19)24/h6-7,17,21H,4-5,8-16H2,1-3H3/t21-/m0/s1. The number of rotatable bonds is 3. The third-order valence-electron chi connectivity index (χ3n) is 7.32. The second-order valence-electron chi connectivity index (χ2n) is 10.4. The lowest BCUT2D eigenvalue weighted by Crippen LogP contribution is -2.47. The summed E-state index contributed by atoms with van der Waals surface area (Å²) >= 11 is 0. The quantitative estimate of drug-likeness (QED) is 0.725. The van der Waals surface area contributed by atoms with Crippen LogP contribution in [0.5, 0.6) is 0 Å². The second-order valence-corrected chi connectivity index (χ2v) is 10.4. The Morgan fingerprint density at radius 2 is 1.89 bits per heavy atom. The summed E-state index contributed by atoms with van der Waals surface area (Å²) in [7, 11) is 0. The topological polar surface area (TPSA) is 23.6 Å². The van der Waals surface area contributed by atoms with Crippen LogP contribution < -0.4 is 0 Å². The van der Waals surface area contributed by atoms with Gasteiger partial charge < -0.3 is 9.80 Å². The van der Waals surface area contributed by atoms with E-state index in [0.717, 1.165) is 58.3 Å². The molecule has 3 nitrogen and oxygen atoms in total. The fourth-order valence-corrected chi connectivity index (χ4v) is 5.52. The number of piperidine rings is 1. The number of benzene rings is 1. The van der Waals surface area contributed by atoms with Gasteiger partial charge in [0.05, 0.1) is 6.04 Å². The molecule has 0 aromatic heterocycles. The minimum Gasteiger partial charge on any atom is -0.336 e. The molecule has 1 aliphatic carbocycles. The molecular weight excluding hydrogens is 351 g/mol. The van der Waals surface area contributed by atoms with Crippen LogP contribution in [0.25, 0.3) is 0 Å². The number of hydrogen-bond donors (Lipinski definition) is 0. The molecule has 1 aromatic rings. The highest BCUT2D eigenvalue weighted by Gasteiger charge is 2.44. The van der Waals surface area contributed by atoms with Crippen molar-refractivity contribution in [1.82, 2.24) is 9.80 Å². The lowest BCUT2D eigenvalue weighted by Gasteiger charge is -2.48. The first-order chi connectivity index (χ1) is 13.3. The molecule has 0 N–H and O–H groups in total. The molecule has 0 bridgehead atoms. The van der Waals surface area contributed by atoms with Gasteiger partial charge in [-0.2, -0.15) is 0 Å². The van der Waals surface area contributed by atoms with Crippen LogP contribution in [0.1, 0.15) is 82.9 Å². The highest BCUT2D eigenvalue weighted by Crippen LogP contribution is 2.50. The lowest BCUT2D eigenvalue weighted by molar-refractivity contribution is -0.130. The van der Waals surface area contributed by atoms with Crippen LogP contribution in [-0.2, 0) is 10.2 Å². The van der Waals surface area contributed by atoms with Crippen molar-refractivity contribution in [3.8, 4) is 0 Å². The maximum Gasteiger partial charge on any atom is 0.223 e. The summed E-state index contributed by atoms with van der Waals surface area (Å²) in [6, 6.07) is 5.49. The molecule has 2 fully saturated rings. The van der Waals surface area contributed by atoms with Crippen LogP contribution in [0.4, 0.5) is 4.39 Å². The SMILES string of the molecule is CC(C)(C)CCN1CCC2(CC[C@H](N3CCCC3=O)c3ccc(F)cc32)CC1. The van der Waals surface area contributed by atoms with Gasteiger partial charge >= 0.3 is 0 Å². The molecule has 1 aromatic carbocycles. The number of carbonyl (C=O) groups excluding carboxylic acids is 1. The van der Waals surface area contributed by atoms with Gasteiger partial charge in [-0.25, -0.2) is 4.39 Å². The van der Waals surface area contributed by atoms with Gasteiger partial charge in [-0.3, -0.25) is 4.79 Å². The van der Waals surface area contributed by atoms with Crippen LogP contribution >= 0.6 is 0 Å². The van der Waals surface area contributed by atoms with Crippen molar-refractivity contribution in [2.45, 2.75) is 77.2 Å². The number of fused-ring (bicyclic) bond motifs is 2. The molecule has 0 unspecified atom stereocenters. The summed E-state index contributed by atoms with van der Waals surface area (Å²) in [5.41, 5.74) is 2.87. The molecule has 28 heavy (non-hydrogen) atoms. The molecule has 1 spiro atoms. The molecule has 1 atom stereocenters. The van der Waals surface area contributed by atoms with Gasteiger partial charge in [0, 0.05) is 13.0 Å². The van der Waals surface area contributed by atoms with E-state index < -0.39 is 0 Å². The highest BCUT2D eigenvalue weighted by molar-refractivity contribution is 5.78. The molecule has 154 valence electrons. The average molecular weight is 387 g/mol. The van der Waals surface area contributed by atoms with E-state index in [0.29, 0.717) is 11.8 Å². The van der Waals surface area contributed by atoms with Crippen molar-refractivity contribution in [1.29, 1.82) is 0 Å². The van der Waals surface area contributed by atoms with E-state index in [1.165, 1.54) is 17.5 Å². The van der Waals surface area contributed by atoms with Crippen LogP contribution in [0.3, 0.4) is 0 Å². The first-order valence-corrected chi connectivity index (χ1v) is 11.1. The maximum absolute atomic E-state index is 14.3. The molecule has 2 saturated heterocycles. The van der Waals surface area contributed by atoms with Gasteiger partial charge in [0.1, 0.15) is 5.82 Å². The molecule has 2 aliphatic heterocycles. The summed E-state index contributed by atoms with van der Waals surface area (Å²) in [5, 5.41) is 0. The fraction of sp³-hybridized carbons (Fsp3) is 0.708. The zero-order valence-corrected chi connectivity index (χ0v) is 17.8. The average Bonchev–Trinajstić information content (AvgIpc) is 3.07. The molecule has 1 amide bonds. The Morgan fingerprint density at radius 1 is 1.14 bits per heavy atom. The summed E-state index contributed by atoms with van der Waals surface area (Å²) in [6.07, 6.45) is 7.14. The first kappa shape index (κ1) is 19.9. The second kappa shape index (κ2) is 7.44. The first-order valence-electron chi connectivity index (χ1n) is 11.1. The van der Waals surface area contributed by atoms with E-state index >= 15 is 0 Å². The Bertz CT molecular complexity index is 731. The van der Waals surface area contributed by atoms with Crippen molar-refractivity contribution < 1.29 is 9.18 Å². The van der Waals surface area contributed by atoms with Crippen LogP contribution in [-0.4, -0.2) is 41.9 Å². The molecule has 4 heteroatoms. The predicted molar refractivity (Wildman–Crippen MR) is 111 cm³/mol. The zero-order chi connectivity index (χ0) is 19.9. The molecule has 0 radical (unpaired) electrons. The number of halogens is 1. The zero-order valence-electron chi connectivity index (χ0n) is 17.8. The van der Waals surface area contributed by atoms with Crippen molar-refractivity contribution in [2.24, 2.45) is 5.41 Å². The number of carbonyl (C=O) groups is 1. The Kier molecular flexibility index (Phi) is 5.28. The minimum absolute atomic E-state index is 0.0922. The number of amides is 1. The molecule has 2 heterocycles. The lowest BCUT2D eigenvalue weighted by atomic mass is 9.63. The third-order valence-corrected chi connectivity index (χ3v) is 7.32. The number of nitrogens with zero attached hydrogens (tertiary/aromatic N) is 2. The van der Waals surface area contributed by atoms with E-state index in [4.69, 9.17) is 0 Å². The van der Waals surface area contributed by atoms with Crippen LogP contribution in [0.15, 0.2) is 18.2 Å². The van der Waals surface area contributed by atoms with Crippen LogP contribution in [0.2, 0.25) is 0 Å². The monoisotopic (exact) mass is 386 g/mol. The van der Waals surface area contributed by atoms with Gasteiger partial charge in [-0.15, -0.1) is 0 Å². The molecular formula is C24H35FN2O. The molecule has 3 aliphatic rings. The molecule has 0 saturated carbocycles. The summed E-state index contributed by atoms with van der Waals surface area (Å²) in [5.74, 6) is 0.134. The van der Waals surface area contributed by atoms with E-state index in [1.54, 1.807) is 12.1 Å².